The molecule has 0 spiro atoms. The lowest BCUT2D eigenvalue weighted by atomic mass is 10.1. The molecule has 5 nitrogen and oxygen atoms in total. The molecule has 0 radical (unpaired) electrons. The highest BCUT2D eigenvalue weighted by Gasteiger charge is 2.32. The van der Waals surface area contributed by atoms with Crippen molar-refractivity contribution in [2.75, 3.05) is 0 Å². The summed E-state index contributed by atoms with van der Waals surface area (Å²) >= 11 is 5.88. The van der Waals surface area contributed by atoms with Gasteiger partial charge in [-0.2, -0.15) is 4.68 Å². The minimum Gasteiger partial charge on any atom is -0.404 e. The number of hydrogen-bond donors (Lipinski definition) is 0. The van der Waals surface area contributed by atoms with E-state index in [2.05, 4.69) is 9.84 Å². The SMILES string of the molecule is O=c1n(-c2ccc(OC(F)(F)F)c(Cl)c2)nc2n1[C@H](c1ccccc1)CC2. The lowest BCUT2D eigenvalue weighted by molar-refractivity contribution is -0.274. The highest BCUT2D eigenvalue weighted by molar-refractivity contribution is 6.32. The Bertz CT molecular complexity index is 1040. The molecule has 3 aromatic rings. The number of fused-ring (bicyclic) bond motifs is 1. The molecule has 0 fully saturated rings. The Labute approximate surface area is 156 Å². The maximum Gasteiger partial charge on any atom is 0.573 e. The van der Waals surface area contributed by atoms with Crippen molar-refractivity contribution in [1.82, 2.24) is 14.3 Å². The van der Waals surface area contributed by atoms with E-state index in [0.29, 0.717) is 12.2 Å². The van der Waals surface area contributed by atoms with Crippen LogP contribution >= 0.6 is 11.6 Å². The fourth-order valence-corrected chi connectivity index (χ4v) is 3.50. The molecule has 0 saturated carbocycles. The third kappa shape index (κ3) is 3.32. The highest BCUT2D eigenvalue weighted by Crippen LogP contribution is 2.32. The molecule has 0 N–H and O–H groups in total. The van der Waals surface area contributed by atoms with E-state index in [1.807, 2.05) is 30.3 Å². The van der Waals surface area contributed by atoms with Crippen molar-refractivity contribution in [3.63, 3.8) is 0 Å². The minimum atomic E-state index is -4.85. The number of alkyl halides is 3. The van der Waals surface area contributed by atoms with Gasteiger partial charge in [0, 0.05) is 6.42 Å². The first-order valence-electron chi connectivity index (χ1n) is 8.14. The molecule has 9 heteroatoms. The summed E-state index contributed by atoms with van der Waals surface area (Å²) < 4.78 is 43.7. The zero-order valence-electron chi connectivity index (χ0n) is 13.8. The van der Waals surface area contributed by atoms with Crippen LogP contribution in [-0.2, 0) is 6.42 Å². The molecule has 1 atom stereocenters. The lowest BCUT2D eigenvalue weighted by Crippen LogP contribution is -2.26. The molecule has 1 aliphatic rings. The molecule has 2 heterocycles. The standard InChI is InChI=1S/C18H13ClF3N3O2/c19-13-10-12(6-8-15(13)27-18(20,21)22)25-17(26)24-14(7-9-16(24)23-25)11-4-2-1-3-5-11/h1-6,8,10,14H,7,9H2/t14-/m0/s1. The van der Waals surface area contributed by atoms with E-state index in [9.17, 15) is 18.0 Å². The van der Waals surface area contributed by atoms with Crippen LogP contribution in [0, 0.1) is 0 Å². The van der Waals surface area contributed by atoms with Gasteiger partial charge < -0.3 is 4.74 Å². The van der Waals surface area contributed by atoms with Gasteiger partial charge in [0.15, 0.2) is 0 Å². The molecule has 27 heavy (non-hydrogen) atoms. The Hall–Kier alpha value is -2.74. The van der Waals surface area contributed by atoms with Crippen molar-refractivity contribution in [2.45, 2.75) is 25.2 Å². The van der Waals surface area contributed by atoms with Gasteiger partial charge >= 0.3 is 12.1 Å². The number of rotatable bonds is 3. The molecule has 140 valence electrons. The number of benzene rings is 2. The Morgan fingerprint density at radius 2 is 1.89 bits per heavy atom. The third-order valence-corrected chi connectivity index (χ3v) is 4.70. The molecular formula is C18H13ClF3N3O2. The van der Waals surface area contributed by atoms with Crippen LogP contribution in [0.15, 0.2) is 53.3 Å². The van der Waals surface area contributed by atoms with Gasteiger partial charge in [0.2, 0.25) is 0 Å². The average molecular weight is 396 g/mol. The van der Waals surface area contributed by atoms with Crippen molar-refractivity contribution in [3.8, 4) is 11.4 Å². The molecule has 0 unspecified atom stereocenters. The van der Waals surface area contributed by atoms with E-state index in [1.165, 1.54) is 12.1 Å². The Kier molecular flexibility index (Phi) is 4.22. The minimum absolute atomic E-state index is 0.120. The lowest BCUT2D eigenvalue weighted by Gasteiger charge is -2.12. The summed E-state index contributed by atoms with van der Waals surface area (Å²) in [5.41, 5.74) is 0.912. The summed E-state index contributed by atoms with van der Waals surface area (Å²) in [6.45, 7) is 0. The monoisotopic (exact) mass is 395 g/mol. The zero-order chi connectivity index (χ0) is 19.2. The maximum absolute atomic E-state index is 12.9. The second-order valence-electron chi connectivity index (χ2n) is 6.11. The third-order valence-electron chi connectivity index (χ3n) is 4.40. The molecule has 0 bridgehead atoms. The Morgan fingerprint density at radius 1 is 1.15 bits per heavy atom. The van der Waals surface area contributed by atoms with Gasteiger partial charge in [0.05, 0.1) is 16.8 Å². The smallest absolute Gasteiger partial charge is 0.404 e. The van der Waals surface area contributed by atoms with E-state index in [0.717, 1.165) is 22.7 Å². The molecule has 1 aromatic heterocycles. The van der Waals surface area contributed by atoms with Gasteiger partial charge in [0.1, 0.15) is 11.6 Å². The first kappa shape index (κ1) is 17.7. The molecule has 1 aliphatic heterocycles. The highest BCUT2D eigenvalue weighted by atomic mass is 35.5. The molecule has 4 rings (SSSR count). The summed E-state index contributed by atoms with van der Waals surface area (Å²) in [5, 5.41) is 4.07. The van der Waals surface area contributed by atoms with Crippen LogP contribution in [0.2, 0.25) is 5.02 Å². The summed E-state index contributed by atoms with van der Waals surface area (Å²) in [4.78, 5) is 12.9. The summed E-state index contributed by atoms with van der Waals surface area (Å²) in [6, 6.07) is 13.1. The molecule has 0 aliphatic carbocycles. The average Bonchev–Trinajstić information content (AvgIpc) is 3.17. The summed E-state index contributed by atoms with van der Waals surface area (Å²) in [7, 11) is 0. The van der Waals surface area contributed by atoms with Crippen LogP contribution in [0.25, 0.3) is 5.69 Å². The molecule has 0 amide bonds. The van der Waals surface area contributed by atoms with Crippen LogP contribution in [0.3, 0.4) is 0 Å². The molecule has 0 saturated heterocycles. The number of nitrogens with zero attached hydrogens (tertiary/aromatic N) is 3. The van der Waals surface area contributed by atoms with E-state index in [4.69, 9.17) is 11.6 Å². The zero-order valence-corrected chi connectivity index (χ0v) is 14.5. The normalized spacial score (nSPS) is 16.4. The van der Waals surface area contributed by atoms with Gasteiger partial charge in [-0.05, 0) is 30.2 Å². The maximum atomic E-state index is 12.9. The van der Waals surface area contributed by atoms with Crippen molar-refractivity contribution < 1.29 is 17.9 Å². The number of halogens is 4. The second-order valence-corrected chi connectivity index (χ2v) is 6.52. The quantitative estimate of drug-likeness (QED) is 0.670. The fourth-order valence-electron chi connectivity index (χ4n) is 3.29. The van der Waals surface area contributed by atoms with E-state index >= 15 is 0 Å². The van der Waals surface area contributed by atoms with Crippen LogP contribution < -0.4 is 10.4 Å². The van der Waals surface area contributed by atoms with Gasteiger partial charge in [-0.25, -0.2) is 4.79 Å². The molecule has 2 aromatic carbocycles. The number of aryl methyl sites for hydroxylation is 1. The number of ether oxygens (including phenoxy) is 1. The Morgan fingerprint density at radius 3 is 2.56 bits per heavy atom. The fraction of sp³-hybridized carbons (Fsp3) is 0.222. The van der Waals surface area contributed by atoms with Crippen LogP contribution in [0.4, 0.5) is 13.2 Å². The van der Waals surface area contributed by atoms with Crippen LogP contribution in [-0.4, -0.2) is 20.7 Å². The van der Waals surface area contributed by atoms with Crippen molar-refractivity contribution >= 4 is 11.6 Å². The van der Waals surface area contributed by atoms with Gasteiger partial charge in [-0.3, -0.25) is 4.57 Å². The predicted octanol–water partition coefficient (Wildman–Crippen LogP) is 4.12. The number of hydrogen-bond acceptors (Lipinski definition) is 3. The predicted molar refractivity (Wildman–Crippen MR) is 92.4 cm³/mol. The van der Waals surface area contributed by atoms with Crippen LogP contribution in [0.5, 0.6) is 5.75 Å². The second kappa shape index (κ2) is 6.45. The van der Waals surface area contributed by atoms with Gasteiger partial charge in [-0.1, -0.05) is 41.9 Å². The van der Waals surface area contributed by atoms with E-state index < -0.39 is 12.1 Å². The first-order valence-corrected chi connectivity index (χ1v) is 8.52. The van der Waals surface area contributed by atoms with Gasteiger partial charge in [-0.15, -0.1) is 18.3 Å². The summed E-state index contributed by atoms with van der Waals surface area (Å²) in [5.74, 6) is 0.0930. The van der Waals surface area contributed by atoms with Crippen LogP contribution in [0.1, 0.15) is 23.9 Å². The van der Waals surface area contributed by atoms with E-state index in [-0.39, 0.29) is 22.4 Å². The summed E-state index contributed by atoms with van der Waals surface area (Å²) in [6.07, 6.45) is -3.45. The Balaban J connectivity index is 1.71. The topological polar surface area (TPSA) is 49.1 Å². The van der Waals surface area contributed by atoms with Crippen molar-refractivity contribution in [2.24, 2.45) is 0 Å². The van der Waals surface area contributed by atoms with Crippen molar-refractivity contribution in [1.29, 1.82) is 0 Å². The number of aromatic nitrogens is 3. The largest absolute Gasteiger partial charge is 0.573 e. The van der Waals surface area contributed by atoms with Gasteiger partial charge in [0.25, 0.3) is 0 Å². The molecular weight excluding hydrogens is 383 g/mol. The first-order chi connectivity index (χ1) is 12.8. The van der Waals surface area contributed by atoms with Crippen molar-refractivity contribution in [3.05, 3.63) is 75.4 Å². The van der Waals surface area contributed by atoms with E-state index in [1.54, 1.807) is 4.57 Å².